The van der Waals surface area contributed by atoms with Gasteiger partial charge < -0.3 is 10.1 Å². The maximum absolute atomic E-state index is 13.4. The first kappa shape index (κ1) is 16.9. The van der Waals surface area contributed by atoms with E-state index < -0.39 is 35.7 Å². The van der Waals surface area contributed by atoms with Crippen molar-refractivity contribution in [3.05, 3.63) is 64.2 Å². The number of benzene rings is 2. The molecule has 0 aliphatic rings. The van der Waals surface area contributed by atoms with Gasteiger partial charge >= 0.3 is 5.97 Å². The first-order valence-electron chi connectivity index (χ1n) is 6.55. The van der Waals surface area contributed by atoms with Crippen LogP contribution in [0.5, 0.6) is 0 Å². The molecule has 0 aliphatic carbocycles. The lowest BCUT2D eigenvalue weighted by molar-refractivity contribution is -0.119. The lowest BCUT2D eigenvalue weighted by Gasteiger charge is -2.09. The van der Waals surface area contributed by atoms with Crippen LogP contribution in [0.15, 0.2) is 36.4 Å². The Labute approximate surface area is 136 Å². The van der Waals surface area contributed by atoms with E-state index >= 15 is 0 Å². The molecule has 7 heteroatoms. The number of carbonyl (C=O) groups is 2. The highest BCUT2D eigenvalue weighted by Crippen LogP contribution is 2.20. The van der Waals surface area contributed by atoms with E-state index in [2.05, 4.69) is 5.32 Å². The summed E-state index contributed by atoms with van der Waals surface area (Å²) in [6.45, 7) is 1.16. The summed E-state index contributed by atoms with van der Waals surface area (Å²) in [4.78, 5) is 23.4. The third-order valence-electron chi connectivity index (χ3n) is 2.96. The molecule has 0 saturated heterocycles. The maximum Gasteiger partial charge on any atom is 0.341 e. The van der Waals surface area contributed by atoms with Gasteiger partial charge in [0.25, 0.3) is 5.91 Å². The minimum absolute atomic E-state index is 0.441. The van der Waals surface area contributed by atoms with E-state index in [0.29, 0.717) is 16.8 Å². The number of rotatable bonds is 4. The van der Waals surface area contributed by atoms with Gasteiger partial charge in [0.1, 0.15) is 11.6 Å². The van der Waals surface area contributed by atoms with Crippen LogP contribution >= 0.6 is 11.6 Å². The van der Waals surface area contributed by atoms with Crippen LogP contribution in [-0.2, 0) is 9.53 Å². The molecule has 120 valence electrons. The van der Waals surface area contributed by atoms with Crippen molar-refractivity contribution >= 4 is 29.2 Å². The molecule has 2 aromatic carbocycles. The average molecular weight is 340 g/mol. The van der Waals surface area contributed by atoms with Gasteiger partial charge in [-0.15, -0.1) is 0 Å². The van der Waals surface area contributed by atoms with Gasteiger partial charge in [0.15, 0.2) is 6.61 Å². The predicted molar refractivity (Wildman–Crippen MR) is 81.5 cm³/mol. The summed E-state index contributed by atoms with van der Waals surface area (Å²) < 4.78 is 30.9. The number of aryl methyl sites for hydroxylation is 1. The minimum Gasteiger partial charge on any atom is -0.452 e. The molecule has 4 nitrogen and oxygen atoms in total. The van der Waals surface area contributed by atoms with Gasteiger partial charge in [-0.3, -0.25) is 4.79 Å². The molecule has 1 N–H and O–H groups in total. The number of nitrogens with one attached hydrogen (secondary N) is 1. The minimum atomic E-state index is -1.06. The maximum atomic E-state index is 13.4. The van der Waals surface area contributed by atoms with Crippen molar-refractivity contribution in [2.24, 2.45) is 0 Å². The second kappa shape index (κ2) is 7.19. The van der Waals surface area contributed by atoms with Crippen LogP contribution in [0, 0.1) is 18.6 Å². The quantitative estimate of drug-likeness (QED) is 0.864. The second-order valence-corrected chi connectivity index (χ2v) is 5.14. The van der Waals surface area contributed by atoms with Crippen LogP contribution in [0.4, 0.5) is 14.5 Å². The topological polar surface area (TPSA) is 55.4 Å². The zero-order valence-corrected chi connectivity index (χ0v) is 12.8. The summed E-state index contributed by atoms with van der Waals surface area (Å²) in [5.74, 6) is -3.53. The van der Waals surface area contributed by atoms with E-state index in [1.165, 1.54) is 0 Å². The highest BCUT2D eigenvalue weighted by atomic mass is 35.5. The van der Waals surface area contributed by atoms with Gasteiger partial charge in [0.05, 0.1) is 5.56 Å². The van der Waals surface area contributed by atoms with Gasteiger partial charge in [-0.25, -0.2) is 13.6 Å². The third kappa shape index (κ3) is 4.50. The van der Waals surface area contributed by atoms with Crippen LogP contribution in [0.25, 0.3) is 0 Å². The standard InChI is InChI=1S/C16H12ClF2NO3/c1-9-2-3-10(17)6-14(9)20-15(21)8-23-16(22)12-5-4-11(18)7-13(12)19/h2-7H,8H2,1H3,(H,20,21). The Morgan fingerprint density at radius 3 is 2.61 bits per heavy atom. The molecule has 0 aliphatic heterocycles. The molecule has 0 fully saturated rings. The number of amides is 1. The molecule has 0 aromatic heterocycles. The number of hydrogen-bond donors (Lipinski definition) is 1. The summed E-state index contributed by atoms with van der Waals surface area (Å²) in [5.41, 5.74) is 0.809. The Morgan fingerprint density at radius 2 is 1.91 bits per heavy atom. The number of esters is 1. The highest BCUT2D eigenvalue weighted by molar-refractivity contribution is 6.31. The zero-order valence-electron chi connectivity index (χ0n) is 12.0. The van der Waals surface area contributed by atoms with Crippen molar-refractivity contribution < 1.29 is 23.1 Å². The van der Waals surface area contributed by atoms with Crippen molar-refractivity contribution in [2.75, 3.05) is 11.9 Å². The van der Waals surface area contributed by atoms with Gasteiger partial charge in [0.2, 0.25) is 0 Å². The van der Waals surface area contributed by atoms with Crippen molar-refractivity contribution in [3.8, 4) is 0 Å². The first-order chi connectivity index (χ1) is 10.9. The van der Waals surface area contributed by atoms with Crippen LogP contribution in [0.2, 0.25) is 5.02 Å². The van der Waals surface area contributed by atoms with Crippen LogP contribution in [0.3, 0.4) is 0 Å². The normalized spacial score (nSPS) is 10.3. The molecule has 0 spiro atoms. The Kier molecular flexibility index (Phi) is 5.28. The molecule has 2 aromatic rings. The van der Waals surface area contributed by atoms with Crippen molar-refractivity contribution in [1.29, 1.82) is 0 Å². The van der Waals surface area contributed by atoms with Gasteiger partial charge in [-0.05, 0) is 36.8 Å². The smallest absolute Gasteiger partial charge is 0.341 e. The van der Waals surface area contributed by atoms with E-state index in [-0.39, 0.29) is 0 Å². The van der Waals surface area contributed by atoms with Gasteiger partial charge in [-0.1, -0.05) is 17.7 Å². The van der Waals surface area contributed by atoms with E-state index in [4.69, 9.17) is 16.3 Å². The molecule has 0 saturated carbocycles. The number of carbonyl (C=O) groups excluding carboxylic acids is 2. The molecule has 0 heterocycles. The average Bonchev–Trinajstić information content (AvgIpc) is 2.48. The van der Waals surface area contributed by atoms with Crippen LogP contribution in [0.1, 0.15) is 15.9 Å². The molecule has 23 heavy (non-hydrogen) atoms. The van der Waals surface area contributed by atoms with Gasteiger partial charge in [0, 0.05) is 16.8 Å². The summed E-state index contributed by atoms with van der Waals surface area (Å²) in [7, 11) is 0. The number of hydrogen-bond acceptors (Lipinski definition) is 3. The van der Waals surface area contributed by atoms with Crippen molar-refractivity contribution in [1.82, 2.24) is 0 Å². The van der Waals surface area contributed by atoms with Gasteiger partial charge in [-0.2, -0.15) is 0 Å². The van der Waals surface area contributed by atoms with Crippen LogP contribution < -0.4 is 5.32 Å². The second-order valence-electron chi connectivity index (χ2n) is 4.71. The first-order valence-corrected chi connectivity index (χ1v) is 6.93. The lowest BCUT2D eigenvalue weighted by Crippen LogP contribution is -2.21. The molecule has 0 bridgehead atoms. The third-order valence-corrected chi connectivity index (χ3v) is 3.19. The fourth-order valence-electron chi connectivity index (χ4n) is 1.78. The van der Waals surface area contributed by atoms with E-state index in [1.54, 1.807) is 25.1 Å². The fourth-order valence-corrected chi connectivity index (χ4v) is 1.95. The van der Waals surface area contributed by atoms with Crippen molar-refractivity contribution in [3.63, 3.8) is 0 Å². The molecule has 1 amide bonds. The number of ether oxygens (including phenoxy) is 1. The molecular weight excluding hydrogens is 328 g/mol. The summed E-state index contributed by atoms with van der Waals surface area (Å²) in [6.07, 6.45) is 0. The monoisotopic (exact) mass is 339 g/mol. The predicted octanol–water partition coefficient (Wildman–Crippen LogP) is 3.72. The van der Waals surface area contributed by atoms with E-state index in [9.17, 15) is 18.4 Å². The largest absolute Gasteiger partial charge is 0.452 e. The van der Waals surface area contributed by atoms with E-state index in [1.807, 2.05) is 0 Å². The number of anilines is 1. The Hall–Kier alpha value is -2.47. The summed E-state index contributed by atoms with van der Waals surface area (Å²) in [6, 6.07) is 7.38. The fraction of sp³-hybridized carbons (Fsp3) is 0.125. The van der Waals surface area contributed by atoms with Crippen LogP contribution in [-0.4, -0.2) is 18.5 Å². The lowest BCUT2D eigenvalue weighted by atomic mass is 10.2. The van der Waals surface area contributed by atoms with E-state index in [0.717, 1.165) is 17.7 Å². The Morgan fingerprint density at radius 1 is 1.17 bits per heavy atom. The SMILES string of the molecule is Cc1ccc(Cl)cc1NC(=O)COC(=O)c1ccc(F)cc1F. The molecule has 2 rings (SSSR count). The Balaban J connectivity index is 1.96. The molecule has 0 unspecified atom stereocenters. The summed E-state index contributed by atoms with van der Waals surface area (Å²) >= 11 is 5.83. The Bertz CT molecular complexity index is 765. The van der Waals surface area contributed by atoms with Crippen molar-refractivity contribution in [2.45, 2.75) is 6.92 Å². The molecular formula is C16H12ClF2NO3. The molecule has 0 radical (unpaired) electrons. The summed E-state index contributed by atoms with van der Waals surface area (Å²) in [5, 5.41) is 2.97. The molecule has 0 atom stereocenters. The highest BCUT2D eigenvalue weighted by Gasteiger charge is 2.15. The zero-order chi connectivity index (χ0) is 17.0. The number of halogens is 3.